The average Bonchev–Trinajstić information content (AvgIpc) is 3.07. The van der Waals surface area contributed by atoms with Gasteiger partial charge in [0.15, 0.2) is 0 Å². The minimum atomic E-state index is 0.169. The molecule has 0 amide bonds. The highest BCUT2D eigenvalue weighted by Crippen LogP contribution is 2.25. The fraction of sp³-hybridized carbons (Fsp3) is 0.417. The monoisotopic (exact) mass is 394 g/mol. The van der Waals surface area contributed by atoms with Crippen LogP contribution >= 0.6 is 11.8 Å². The maximum absolute atomic E-state index is 12.4. The maximum Gasteiger partial charge on any atom is 0.219 e. The molecule has 0 bridgehead atoms. The Bertz CT molecular complexity index is 899. The summed E-state index contributed by atoms with van der Waals surface area (Å²) in [6.07, 6.45) is 8.96. The first-order valence-corrected chi connectivity index (χ1v) is 11.4. The summed E-state index contributed by atoms with van der Waals surface area (Å²) in [4.78, 5) is 17.1. The molecule has 0 aliphatic carbocycles. The lowest BCUT2D eigenvalue weighted by Crippen LogP contribution is -1.97. The number of rotatable bonds is 10. The lowest BCUT2D eigenvalue weighted by molar-refractivity contribution is 0.108. The van der Waals surface area contributed by atoms with Crippen LogP contribution in [0.15, 0.2) is 48.5 Å². The highest BCUT2D eigenvalue weighted by Gasteiger charge is 2.11. The Morgan fingerprint density at radius 1 is 0.929 bits per heavy atom. The van der Waals surface area contributed by atoms with Crippen LogP contribution in [-0.2, 0) is 7.05 Å². The van der Waals surface area contributed by atoms with Gasteiger partial charge in [0.2, 0.25) is 5.12 Å². The summed E-state index contributed by atoms with van der Waals surface area (Å²) in [7, 11) is 2.03. The van der Waals surface area contributed by atoms with Crippen LogP contribution in [0.25, 0.3) is 22.4 Å². The van der Waals surface area contributed by atoms with Crippen LogP contribution in [0.5, 0.6) is 0 Å². The molecule has 2 aromatic carbocycles. The predicted molar refractivity (Wildman–Crippen MR) is 121 cm³/mol. The van der Waals surface area contributed by atoms with Crippen LogP contribution in [-0.4, -0.2) is 20.4 Å². The Balaban J connectivity index is 1.51. The lowest BCUT2D eigenvalue weighted by Gasteiger charge is -2.05. The standard InChI is InChI=1S/C24H30N2OS/c1-3-4-5-6-7-8-11-18-28-24(27)20-16-14-19(15-17-20)23-25-21-12-9-10-13-22(21)26(23)2/h9-10,12-17H,3-8,11,18H2,1-2H3. The molecule has 0 saturated heterocycles. The second-order valence-electron chi connectivity index (χ2n) is 7.32. The summed E-state index contributed by atoms with van der Waals surface area (Å²) in [5.74, 6) is 1.84. The second kappa shape index (κ2) is 10.5. The topological polar surface area (TPSA) is 34.9 Å². The van der Waals surface area contributed by atoms with E-state index >= 15 is 0 Å². The predicted octanol–water partition coefficient (Wildman–Crippen LogP) is 6.86. The molecular weight excluding hydrogens is 364 g/mol. The Labute approximate surface area is 172 Å². The van der Waals surface area contributed by atoms with Gasteiger partial charge in [0.1, 0.15) is 5.82 Å². The van der Waals surface area contributed by atoms with Gasteiger partial charge in [-0.3, -0.25) is 4.79 Å². The van der Waals surface area contributed by atoms with E-state index in [-0.39, 0.29) is 5.12 Å². The molecule has 1 heterocycles. The van der Waals surface area contributed by atoms with Crippen molar-refractivity contribution >= 4 is 27.9 Å². The molecule has 0 fully saturated rings. The molecule has 0 N–H and O–H groups in total. The van der Waals surface area contributed by atoms with Crippen molar-refractivity contribution in [1.82, 2.24) is 9.55 Å². The van der Waals surface area contributed by atoms with Crippen molar-refractivity contribution in [3.05, 3.63) is 54.1 Å². The summed E-state index contributed by atoms with van der Waals surface area (Å²) in [5.41, 5.74) is 3.91. The number of thioether (sulfide) groups is 1. The van der Waals surface area contributed by atoms with Gasteiger partial charge >= 0.3 is 0 Å². The summed E-state index contributed by atoms with van der Waals surface area (Å²) < 4.78 is 2.10. The molecule has 0 spiro atoms. The van der Waals surface area contributed by atoms with Gasteiger partial charge in [0.05, 0.1) is 11.0 Å². The van der Waals surface area contributed by atoms with Crippen molar-refractivity contribution in [2.75, 3.05) is 5.75 Å². The van der Waals surface area contributed by atoms with E-state index in [0.29, 0.717) is 0 Å². The zero-order valence-electron chi connectivity index (χ0n) is 17.0. The van der Waals surface area contributed by atoms with Gasteiger partial charge in [-0.05, 0) is 30.7 Å². The van der Waals surface area contributed by atoms with Crippen LogP contribution in [0.1, 0.15) is 62.2 Å². The summed E-state index contributed by atoms with van der Waals surface area (Å²) in [6, 6.07) is 16.0. The van der Waals surface area contributed by atoms with E-state index in [9.17, 15) is 4.79 Å². The SMILES string of the molecule is CCCCCCCCCSC(=O)c1ccc(-c2nc3ccccc3n2C)cc1. The third-order valence-electron chi connectivity index (χ3n) is 5.15. The summed E-state index contributed by atoms with van der Waals surface area (Å²) in [5, 5.41) is 0.169. The highest BCUT2D eigenvalue weighted by molar-refractivity contribution is 8.14. The first kappa shape index (κ1) is 20.7. The molecule has 0 atom stereocenters. The first-order chi connectivity index (χ1) is 13.7. The number of fused-ring (bicyclic) bond motifs is 1. The first-order valence-electron chi connectivity index (χ1n) is 10.4. The van der Waals surface area contributed by atoms with Crippen LogP contribution < -0.4 is 0 Å². The number of hydrogen-bond donors (Lipinski definition) is 0. The largest absolute Gasteiger partial charge is 0.327 e. The van der Waals surface area contributed by atoms with Gasteiger partial charge in [0, 0.05) is 23.9 Å². The molecule has 148 valence electrons. The van der Waals surface area contributed by atoms with Crippen molar-refractivity contribution in [3.63, 3.8) is 0 Å². The summed E-state index contributed by atoms with van der Waals surface area (Å²) in [6.45, 7) is 2.24. The molecule has 3 aromatic rings. The van der Waals surface area contributed by atoms with Crippen molar-refractivity contribution < 1.29 is 4.79 Å². The van der Waals surface area contributed by atoms with E-state index in [1.54, 1.807) is 0 Å². The number of para-hydroxylation sites is 2. The Hall–Kier alpha value is -2.07. The van der Waals surface area contributed by atoms with E-state index in [1.165, 1.54) is 50.3 Å². The number of imidazole rings is 1. The zero-order valence-corrected chi connectivity index (χ0v) is 17.8. The van der Waals surface area contributed by atoms with Crippen LogP contribution in [0.2, 0.25) is 0 Å². The van der Waals surface area contributed by atoms with E-state index in [0.717, 1.165) is 40.2 Å². The quantitative estimate of drug-likeness (QED) is 0.352. The molecule has 1 aromatic heterocycles. The van der Waals surface area contributed by atoms with Gasteiger partial charge in [-0.1, -0.05) is 81.5 Å². The molecular formula is C24H30N2OS. The molecule has 0 aliphatic heterocycles. The van der Waals surface area contributed by atoms with Gasteiger partial charge in [-0.25, -0.2) is 4.98 Å². The number of carbonyl (C=O) groups excluding carboxylic acids is 1. The summed E-state index contributed by atoms with van der Waals surface area (Å²) >= 11 is 1.45. The molecule has 0 aliphatic rings. The second-order valence-corrected chi connectivity index (χ2v) is 8.39. The van der Waals surface area contributed by atoms with Crippen LogP contribution in [0, 0.1) is 0 Å². The zero-order chi connectivity index (χ0) is 19.8. The van der Waals surface area contributed by atoms with Crippen molar-refractivity contribution in [3.8, 4) is 11.4 Å². The fourth-order valence-electron chi connectivity index (χ4n) is 3.47. The van der Waals surface area contributed by atoms with Gasteiger partial charge < -0.3 is 4.57 Å². The molecule has 28 heavy (non-hydrogen) atoms. The number of aromatic nitrogens is 2. The smallest absolute Gasteiger partial charge is 0.219 e. The number of aryl methyl sites for hydroxylation is 1. The number of benzene rings is 2. The van der Waals surface area contributed by atoms with Crippen molar-refractivity contribution in [1.29, 1.82) is 0 Å². The average molecular weight is 395 g/mol. The normalized spacial score (nSPS) is 11.2. The van der Waals surface area contributed by atoms with E-state index in [4.69, 9.17) is 4.98 Å². The molecule has 0 radical (unpaired) electrons. The third kappa shape index (κ3) is 5.26. The Morgan fingerprint density at radius 2 is 1.61 bits per heavy atom. The van der Waals surface area contributed by atoms with Gasteiger partial charge in [-0.15, -0.1) is 0 Å². The van der Waals surface area contributed by atoms with Crippen LogP contribution in [0.4, 0.5) is 0 Å². The van der Waals surface area contributed by atoms with Gasteiger partial charge in [-0.2, -0.15) is 0 Å². The van der Waals surface area contributed by atoms with Gasteiger partial charge in [0.25, 0.3) is 0 Å². The van der Waals surface area contributed by atoms with Crippen molar-refractivity contribution in [2.45, 2.75) is 51.9 Å². The third-order valence-corrected chi connectivity index (χ3v) is 6.14. The lowest BCUT2D eigenvalue weighted by atomic mass is 10.1. The molecule has 3 nitrogen and oxygen atoms in total. The molecule has 0 unspecified atom stereocenters. The molecule has 4 heteroatoms. The van der Waals surface area contributed by atoms with Crippen LogP contribution in [0.3, 0.4) is 0 Å². The van der Waals surface area contributed by atoms with Crippen molar-refractivity contribution in [2.24, 2.45) is 7.05 Å². The Morgan fingerprint density at radius 3 is 2.32 bits per heavy atom. The Kier molecular flexibility index (Phi) is 7.72. The highest BCUT2D eigenvalue weighted by atomic mass is 32.2. The minimum absolute atomic E-state index is 0.169. The number of nitrogens with zero attached hydrogens (tertiary/aromatic N) is 2. The number of unbranched alkanes of at least 4 members (excludes halogenated alkanes) is 6. The number of hydrogen-bond acceptors (Lipinski definition) is 3. The van der Waals surface area contributed by atoms with E-state index in [1.807, 2.05) is 49.5 Å². The fourth-order valence-corrected chi connectivity index (χ4v) is 4.30. The van der Waals surface area contributed by atoms with E-state index < -0.39 is 0 Å². The molecule has 0 saturated carbocycles. The van der Waals surface area contributed by atoms with E-state index in [2.05, 4.69) is 17.6 Å². The molecule has 3 rings (SSSR count). The minimum Gasteiger partial charge on any atom is -0.327 e. The number of carbonyl (C=O) groups is 1. The maximum atomic E-state index is 12.4.